The summed E-state index contributed by atoms with van der Waals surface area (Å²) in [6.07, 6.45) is 4.13. The first-order valence-electron chi connectivity index (χ1n) is 8.18. The van der Waals surface area contributed by atoms with Gasteiger partial charge in [0.2, 0.25) is 5.91 Å². The van der Waals surface area contributed by atoms with Crippen molar-refractivity contribution in [1.29, 1.82) is 0 Å². The molecular formula is C18H22ClNO. The summed E-state index contributed by atoms with van der Waals surface area (Å²) in [6, 6.07) is 10.3. The maximum Gasteiger partial charge on any atom is 0.226 e. The van der Waals surface area contributed by atoms with E-state index >= 15 is 0 Å². The van der Waals surface area contributed by atoms with Crippen molar-refractivity contribution in [3.8, 4) is 0 Å². The first-order chi connectivity index (χ1) is 10.3. The van der Waals surface area contributed by atoms with Gasteiger partial charge in [-0.15, -0.1) is 11.6 Å². The number of fused-ring (bicyclic) bond motifs is 5. The van der Waals surface area contributed by atoms with E-state index in [2.05, 4.69) is 12.1 Å². The monoisotopic (exact) mass is 303 g/mol. The van der Waals surface area contributed by atoms with Crippen molar-refractivity contribution in [2.75, 3.05) is 12.4 Å². The summed E-state index contributed by atoms with van der Waals surface area (Å²) in [5.41, 5.74) is 1.20. The predicted molar refractivity (Wildman–Crippen MR) is 83.9 cm³/mol. The smallest absolute Gasteiger partial charge is 0.226 e. The highest BCUT2D eigenvalue weighted by Gasteiger charge is 2.67. The highest BCUT2D eigenvalue weighted by Crippen LogP contribution is 2.69. The van der Waals surface area contributed by atoms with Crippen molar-refractivity contribution in [2.45, 2.75) is 25.8 Å². The van der Waals surface area contributed by atoms with E-state index in [1.54, 1.807) is 0 Å². The Labute approximate surface area is 131 Å². The lowest BCUT2D eigenvalue weighted by Gasteiger charge is -2.23. The molecule has 2 nitrogen and oxygen atoms in total. The molecule has 1 aromatic rings. The number of benzene rings is 1. The van der Waals surface area contributed by atoms with Crippen molar-refractivity contribution in [1.82, 2.24) is 4.90 Å². The zero-order chi connectivity index (χ0) is 14.4. The van der Waals surface area contributed by atoms with E-state index in [1.165, 1.54) is 24.8 Å². The van der Waals surface area contributed by atoms with Gasteiger partial charge in [-0.25, -0.2) is 0 Å². The van der Waals surface area contributed by atoms with Gasteiger partial charge in [-0.1, -0.05) is 30.3 Å². The molecule has 3 heteroatoms. The van der Waals surface area contributed by atoms with Gasteiger partial charge in [0.15, 0.2) is 0 Å². The van der Waals surface area contributed by atoms with Crippen LogP contribution in [0.4, 0.5) is 0 Å². The van der Waals surface area contributed by atoms with Crippen molar-refractivity contribution in [3.05, 3.63) is 35.9 Å². The third kappa shape index (κ3) is 2.28. The van der Waals surface area contributed by atoms with Crippen LogP contribution in [0.1, 0.15) is 24.8 Å². The lowest BCUT2D eigenvalue weighted by Crippen LogP contribution is -2.35. The molecule has 112 valence electrons. The van der Waals surface area contributed by atoms with Gasteiger partial charge in [-0.2, -0.15) is 0 Å². The zero-order valence-corrected chi connectivity index (χ0v) is 13.0. The molecule has 0 radical (unpaired) electrons. The molecule has 1 aromatic carbocycles. The van der Waals surface area contributed by atoms with Crippen LogP contribution in [0.5, 0.6) is 0 Å². The van der Waals surface area contributed by atoms with Gasteiger partial charge in [0, 0.05) is 24.9 Å². The Morgan fingerprint density at radius 1 is 1.14 bits per heavy atom. The van der Waals surface area contributed by atoms with E-state index in [-0.39, 0.29) is 0 Å². The van der Waals surface area contributed by atoms with Crippen LogP contribution >= 0.6 is 11.6 Å². The molecule has 0 aromatic heterocycles. The molecule has 0 aliphatic heterocycles. The van der Waals surface area contributed by atoms with Gasteiger partial charge in [-0.3, -0.25) is 4.79 Å². The van der Waals surface area contributed by atoms with Gasteiger partial charge in [-0.05, 0) is 48.5 Å². The van der Waals surface area contributed by atoms with Crippen LogP contribution in [-0.4, -0.2) is 23.2 Å². The molecule has 0 N–H and O–H groups in total. The number of amides is 1. The van der Waals surface area contributed by atoms with E-state index in [0.29, 0.717) is 42.6 Å². The lowest BCUT2D eigenvalue weighted by atomic mass is 10.0. The summed E-state index contributed by atoms with van der Waals surface area (Å²) in [6.45, 7) is 1.37. The molecule has 0 heterocycles. The quantitative estimate of drug-likeness (QED) is 0.762. The Morgan fingerprint density at radius 2 is 1.81 bits per heavy atom. The number of alkyl halides is 1. The molecule has 3 saturated carbocycles. The minimum absolute atomic E-state index is 0.322. The minimum Gasteiger partial charge on any atom is -0.337 e. The van der Waals surface area contributed by atoms with E-state index < -0.39 is 0 Å². The van der Waals surface area contributed by atoms with Crippen molar-refractivity contribution < 1.29 is 4.79 Å². The summed E-state index contributed by atoms with van der Waals surface area (Å²) in [5, 5.41) is 0. The molecule has 4 unspecified atom stereocenters. The first kappa shape index (κ1) is 13.6. The molecule has 4 rings (SSSR count). The largest absolute Gasteiger partial charge is 0.337 e. The van der Waals surface area contributed by atoms with Gasteiger partial charge in [0.25, 0.3) is 0 Å². The van der Waals surface area contributed by atoms with Crippen molar-refractivity contribution in [2.24, 2.45) is 29.6 Å². The van der Waals surface area contributed by atoms with Gasteiger partial charge in [0.1, 0.15) is 0 Å². The van der Waals surface area contributed by atoms with Crippen molar-refractivity contribution in [3.63, 3.8) is 0 Å². The van der Waals surface area contributed by atoms with Gasteiger partial charge < -0.3 is 4.90 Å². The molecule has 3 aliphatic carbocycles. The topological polar surface area (TPSA) is 20.3 Å². The maximum atomic E-state index is 12.9. The SMILES string of the molecule is O=C(C1C2C3CCC(C3)C12)N(CCCl)Cc1ccccc1. The van der Waals surface area contributed by atoms with Crippen LogP contribution < -0.4 is 0 Å². The fourth-order valence-corrected chi connectivity index (χ4v) is 5.24. The third-order valence-corrected chi connectivity index (χ3v) is 6.07. The summed E-state index contributed by atoms with van der Waals surface area (Å²) < 4.78 is 0. The van der Waals surface area contributed by atoms with E-state index in [0.717, 1.165) is 11.8 Å². The minimum atomic E-state index is 0.322. The fraction of sp³-hybridized carbons (Fsp3) is 0.611. The standard InChI is InChI=1S/C18H22ClNO/c19-8-9-20(11-12-4-2-1-3-5-12)18(21)17-15-13-6-7-14(10-13)16(15)17/h1-5,13-17H,6-11H2. The average Bonchev–Trinajstić information content (AvgIpc) is 2.94. The Kier molecular flexibility index (Phi) is 3.45. The van der Waals surface area contributed by atoms with E-state index in [4.69, 9.17) is 11.6 Å². The fourth-order valence-electron chi connectivity index (χ4n) is 5.04. The van der Waals surface area contributed by atoms with Crippen LogP contribution in [0.25, 0.3) is 0 Å². The number of carbonyl (C=O) groups excluding carboxylic acids is 1. The Hall–Kier alpha value is -1.02. The molecule has 4 atom stereocenters. The first-order valence-corrected chi connectivity index (χ1v) is 8.71. The molecular weight excluding hydrogens is 282 g/mol. The number of halogens is 1. The van der Waals surface area contributed by atoms with Gasteiger partial charge in [0.05, 0.1) is 0 Å². The number of rotatable bonds is 5. The van der Waals surface area contributed by atoms with Crippen LogP contribution in [0, 0.1) is 29.6 Å². The van der Waals surface area contributed by atoms with Crippen LogP contribution in [-0.2, 0) is 11.3 Å². The number of hydrogen-bond donors (Lipinski definition) is 0. The number of carbonyl (C=O) groups is 1. The van der Waals surface area contributed by atoms with Crippen molar-refractivity contribution >= 4 is 17.5 Å². The zero-order valence-electron chi connectivity index (χ0n) is 12.2. The molecule has 3 aliphatic rings. The third-order valence-electron chi connectivity index (χ3n) is 5.90. The second-order valence-corrected chi connectivity index (χ2v) is 7.33. The summed E-state index contributed by atoms with van der Waals surface area (Å²) in [4.78, 5) is 14.9. The predicted octanol–water partition coefficient (Wildman–Crippen LogP) is 3.55. The summed E-state index contributed by atoms with van der Waals surface area (Å²) in [7, 11) is 0. The van der Waals surface area contributed by atoms with Crippen LogP contribution in [0.15, 0.2) is 30.3 Å². The number of nitrogens with zero attached hydrogens (tertiary/aromatic N) is 1. The van der Waals surface area contributed by atoms with Crippen LogP contribution in [0.2, 0.25) is 0 Å². The normalized spacial score (nSPS) is 35.6. The second kappa shape index (κ2) is 5.31. The Bertz CT molecular complexity index is 515. The second-order valence-electron chi connectivity index (χ2n) is 6.95. The van der Waals surface area contributed by atoms with E-state index in [9.17, 15) is 4.79 Å². The highest BCUT2D eigenvalue weighted by atomic mass is 35.5. The Morgan fingerprint density at radius 3 is 2.43 bits per heavy atom. The summed E-state index contributed by atoms with van der Waals surface area (Å²) in [5.74, 6) is 4.34. The molecule has 3 fully saturated rings. The molecule has 0 spiro atoms. The molecule has 1 amide bonds. The number of hydrogen-bond acceptors (Lipinski definition) is 1. The highest BCUT2D eigenvalue weighted by molar-refractivity contribution is 6.18. The lowest BCUT2D eigenvalue weighted by molar-refractivity contribution is -0.134. The summed E-state index contributed by atoms with van der Waals surface area (Å²) >= 11 is 5.93. The molecule has 21 heavy (non-hydrogen) atoms. The van der Waals surface area contributed by atoms with E-state index in [1.807, 2.05) is 23.1 Å². The molecule has 0 saturated heterocycles. The Balaban J connectivity index is 1.46. The maximum absolute atomic E-state index is 12.9. The average molecular weight is 304 g/mol. The molecule has 2 bridgehead atoms. The van der Waals surface area contributed by atoms with Gasteiger partial charge >= 0.3 is 0 Å². The van der Waals surface area contributed by atoms with Crippen LogP contribution in [0.3, 0.4) is 0 Å².